The Bertz CT molecular complexity index is 999. The third kappa shape index (κ3) is 2.90. The van der Waals surface area contributed by atoms with E-state index < -0.39 is 0 Å². The largest absolute Gasteiger partial charge is 0.143 e. The fraction of sp³-hybridized carbons (Fsp3) is 0.182. The molecule has 0 bridgehead atoms. The molecule has 5 rings (SSSR count). The molecule has 0 fully saturated rings. The number of hydrogen-bond acceptors (Lipinski definition) is 6. The van der Waals surface area contributed by atoms with E-state index in [0.717, 1.165) is 55.1 Å². The van der Waals surface area contributed by atoms with Crippen molar-refractivity contribution in [1.82, 2.24) is 0 Å². The summed E-state index contributed by atoms with van der Waals surface area (Å²) in [4.78, 5) is 6.27. The summed E-state index contributed by atoms with van der Waals surface area (Å²) in [6.45, 7) is 0. The van der Waals surface area contributed by atoms with E-state index in [9.17, 15) is 0 Å². The fourth-order valence-corrected chi connectivity index (χ4v) is 6.54. The number of benzene rings is 3. The normalized spacial score (nSPS) is 14.2. The minimum Gasteiger partial charge on any atom is -0.143 e. The van der Waals surface area contributed by atoms with Gasteiger partial charge in [-0.05, 0) is 68.8 Å². The van der Waals surface area contributed by atoms with Crippen LogP contribution in [0.15, 0.2) is 53.6 Å². The van der Waals surface area contributed by atoms with E-state index in [1.54, 1.807) is 0 Å². The molecule has 0 unspecified atom stereocenters. The lowest BCUT2D eigenvalue weighted by Gasteiger charge is -2.31. The Morgan fingerprint density at radius 2 is 0.571 bits per heavy atom. The predicted octanol–water partition coefficient (Wildman–Crippen LogP) is 6.41. The molecule has 0 saturated heterocycles. The first-order valence-corrected chi connectivity index (χ1v) is 11.7. The molecule has 3 aromatic carbocycles. The van der Waals surface area contributed by atoms with E-state index in [-0.39, 0.29) is 0 Å². The molecule has 0 N–H and O–H groups in total. The van der Waals surface area contributed by atoms with Crippen molar-refractivity contribution in [2.24, 2.45) is 0 Å². The van der Waals surface area contributed by atoms with Gasteiger partial charge in [-0.2, -0.15) is 0 Å². The third-order valence-electron chi connectivity index (χ3n) is 6.05. The lowest BCUT2D eigenvalue weighted by atomic mass is 9.78. The molecule has 0 aliphatic heterocycles. The van der Waals surface area contributed by atoms with Crippen molar-refractivity contribution in [2.75, 3.05) is 0 Å². The lowest BCUT2D eigenvalue weighted by molar-refractivity contribution is 0.828. The van der Waals surface area contributed by atoms with E-state index in [0.29, 0.717) is 0 Å². The summed E-state index contributed by atoms with van der Waals surface area (Å²) >= 11 is 28.8. The Morgan fingerprint density at radius 1 is 0.357 bits per heavy atom. The van der Waals surface area contributed by atoms with E-state index in [1.165, 1.54) is 44.5 Å². The van der Waals surface area contributed by atoms with Gasteiger partial charge in [0.05, 0.1) is 0 Å². The van der Waals surface area contributed by atoms with Crippen molar-refractivity contribution >= 4 is 75.8 Å². The van der Waals surface area contributed by atoms with Gasteiger partial charge in [-0.15, -0.1) is 75.8 Å². The summed E-state index contributed by atoms with van der Waals surface area (Å²) in [7, 11) is 0. The Morgan fingerprint density at radius 3 is 0.786 bits per heavy atom. The monoisotopic (exact) mass is 474 g/mol. The maximum absolute atomic E-state index is 5.02. The molecule has 2 aliphatic rings. The van der Waals surface area contributed by atoms with Crippen LogP contribution in [-0.4, -0.2) is 0 Å². The number of fused-ring (bicyclic) bond motifs is 4. The minimum absolute atomic E-state index is 0.824. The zero-order chi connectivity index (χ0) is 19.7. The molecule has 0 heterocycles. The van der Waals surface area contributed by atoms with Crippen molar-refractivity contribution in [3.05, 3.63) is 68.8 Å². The Hall–Kier alpha value is -0.240. The summed E-state index contributed by atoms with van der Waals surface area (Å²) in [5, 5.41) is 0. The first-order valence-electron chi connectivity index (χ1n) is 8.99. The second-order valence-electron chi connectivity index (χ2n) is 7.44. The Labute approximate surface area is 198 Å². The van der Waals surface area contributed by atoms with E-state index >= 15 is 0 Å². The van der Waals surface area contributed by atoms with Crippen molar-refractivity contribution in [3.63, 3.8) is 0 Å². The topological polar surface area (TPSA) is 0 Å². The van der Waals surface area contributed by atoms with Crippen LogP contribution in [-0.2, 0) is 25.7 Å². The zero-order valence-corrected chi connectivity index (χ0v) is 20.2. The third-order valence-corrected chi connectivity index (χ3v) is 8.81. The smallest absolute Gasteiger partial charge is 0.0117 e. The van der Waals surface area contributed by atoms with E-state index in [2.05, 4.69) is 0 Å². The number of rotatable bonds is 0. The summed E-state index contributed by atoms with van der Waals surface area (Å²) in [5.74, 6) is 0. The minimum atomic E-state index is 0.824. The van der Waals surface area contributed by atoms with Gasteiger partial charge in [0.2, 0.25) is 0 Å². The highest BCUT2D eigenvalue weighted by Crippen LogP contribution is 2.46. The maximum Gasteiger partial charge on any atom is 0.0117 e. The molecule has 0 saturated carbocycles. The molecule has 28 heavy (non-hydrogen) atoms. The highest BCUT2D eigenvalue weighted by Gasteiger charge is 2.30. The van der Waals surface area contributed by atoms with Crippen LogP contribution >= 0.6 is 75.8 Å². The molecule has 2 aliphatic carbocycles. The van der Waals surface area contributed by atoms with Crippen molar-refractivity contribution in [3.8, 4) is 0 Å². The molecule has 0 amide bonds. The van der Waals surface area contributed by atoms with Crippen LogP contribution in [0, 0.1) is 0 Å². The maximum atomic E-state index is 5.02. The molecular weight excluding hydrogens is 457 g/mol. The highest BCUT2D eigenvalue weighted by molar-refractivity contribution is 7.81. The predicted molar refractivity (Wildman–Crippen MR) is 134 cm³/mol. The van der Waals surface area contributed by atoms with Crippen LogP contribution in [0.3, 0.4) is 0 Å². The van der Waals surface area contributed by atoms with Gasteiger partial charge in [-0.25, -0.2) is 0 Å². The van der Waals surface area contributed by atoms with E-state index in [4.69, 9.17) is 75.8 Å². The van der Waals surface area contributed by atoms with Crippen LogP contribution in [0.1, 0.15) is 44.5 Å². The van der Waals surface area contributed by atoms with Gasteiger partial charge in [0, 0.05) is 55.1 Å². The van der Waals surface area contributed by atoms with Crippen molar-refractivity contribution in [1.29, 1.82) is 0 Å². The van der Waals surface area contributed by atoms with Gasteiger partial charge in [0.15, 0.2) is 0 Å². The molecular formula is C22H18S6. The molecule has 0 radical (unpaired) electrons. The first-order chi connectivity index (χ1) is 13.4. The summed E-state index contributed by atoms with van der Waals surface area (Å²) in [6, 6.07) is 8.13. The van der Waals surface area contributed by atoms with Gasteiger partial charge in [0.25, 0.3) is 0 Å². The molecule has 0 nitrogen and oxygen atoms in total. The van der Waals surface area contributed by atoms with Crippen molar-refractivity contribution < 1.29 is 0 Å². The average Bonchev–Trinajstić information content (AvgIpc) is 2.70. The molecule has 6 heteroatoms. The van der Waals surface area contributed by atoms with Crippen LogP contribution in [0.25, 0.3) is 0 Å². The molecule has 0 aromatic heterocycles. The molecule has 142 valence electrons. The summed E-state index contributed by atoms with van der Waals surface area (Å²) in [5.41, 5.74) is 10.1. The molecule has 3 aromatic rings. The van der Waals surface area contributed by atoms with E-state index in [1.807, 2.05) is 24.3 Å². The van der Waals surface area contributed by atoms with Crippen LogP contribution in [0.4, 0.5) is 0 Å². The average molecular weight is 475 g/mol. The fourth-order valence-electron chi connectivity index (χ4n) is 4.53. The quantitative estimate of drug-likeness (QED) is 0.137. The van der Waals surface area contributed by atoms with Gasteiger partial charge in [-0.1, -0.05) is 0 Å². The lowest BCUT2D eigenvalue weighted by Crippen LogP contribution is -2.18. The van der Waals surface area contributed by atoms with Crippen LogP contribution < -0.4 is 0 Å². The molecule has 0 atom stereocenters. The van der Waals surface area contributed by atoms with Gasteiger partial charge in [0.1, 0.15) is 0 Å². The van der Waals surface area contributed by atoms with Gasteiger partial charge in [-0.3, -0.25) is 0 Å². The standard InChI is InChI=1S/C22H18S6/c23-17-1-2-18(24)10-6-14-13(5-9(10)17)21(27)15-7-11-12(8-16(15)22(14)28)20(26)4-3-19(11)25/h1-4,23-28H,5-8H2. The Kier molecular flexibility index (Phi) is 5.05. The number of hydrogen-bond donors (Lipinski definition) is 6. The van der Waals surface area contributed by atoms with Crippen LogP contribution in [0.2, 0.25) is 0 Å². The summed E-state index contributed by atoms with van der Waals surface area (Å²) in [6.07, 6.45) is 3.30. The molecule has 0 spiro atoms. The van der Waals surface area contributed by atoms with Crippen molar-refractivity contribution in [2.45, 2.75) is 55.1 Å². The Balaban J connectivity index is 1.72. The second kappa shape index (κ2) is 7.17. The van der Waals surface area contributed by atoms with Crippen LogP contribution in [0.5, 0.6) is 0 Å². The van der Waals surface area contributed by atoms with Gasteiger partial charge >= 0.3 is 0 Å². The SMILES string of the molecule is Sc1ccc(S)c2c1Cc1c(S)c3c(c(S)c1C2)Cc1c(S)ccc(S)c1C3. The summed E-state index contributed by atoms with van der Waals surface area (Å²) < 4.78 is 0. The second-order valence-corrected chi connectivity index (χ2v) is 10.3. The zero-order valence-electron chi connectivity index (χ0n) is 14.8. The van der Waals surface area contributed by atoms with Gasteiger partial charge < -0.3 is 0 Å². The first kappa shape index (κ1) is 19.7. The highest BCUT2D eigenvalue weighted by atomic mass is 32.1. The number of thiol groups is 6.